The number of hydrogen-bond acceptors (Lipinski definition) is 3. The number of halogens is 2. The molecule has 12 heavy (non-hydrogen) atoms. The summed E-state index contributed by atoms with van der Waals surface area (Å²) in [4.78, 5) is 3.87. The number of aliphatic imine (C=N–C) groups is 1. The molecule has 1 aromatic rings. The van der Waals surface area contributed by atoms with Crippen LogP contribution in [0.5, 0.6) is 0 Å². The topological polar surface area (TPSA) is 32.6 Å². The predicted molar refractivity (Wildman–Crippen MR) is 56.9 cm³/mol. The highest BCUT2D eigenvalue weighted by molar-refractivity contribution is 8.12. The van der Waals surface area contributed by atoms with Gasteiger partial charge < -0.3 is 4.55 Å². The molecule has 0 heterocycles. The summed E-state index contributed by atoms with van der Waals surface area (Å²) in [6.45, 7) is 0. The summed E-state index contributed by atoms with van der Waals surface area (Å²) < 4.78 is 8.57. The highest BCUT2D eigenvalue weighted by Gasteiger charge is 1.91. The molecule has 0 spiro atoms. The molecule has 0 radical (unpaired) electrons. The van der Waals surface area contributed by atoms with Crippen LogP contribution in [-0.4, -0.2) is 9.06 Å². The van der Waals surface area contributed by atoms with Crippen LogP contribution in [0.25, 0.3) is 0 Å². The van der Waals surface area contributed by atoms with Crippen LogP contribution < -0.4 is 0 Å². The zero-order valence-electron chi connectivity index (χ0n) is 5.98. The van der Waals surface area contributed by atoms with Crippen LogP contribution in [0.4, 0.5) is 5.69 Å². The highest BCUT2D eigenvalue weighted by Crippen LogP contribution is 2.14. The molecule has 2 nitrogen and oxygen atoms in total. The van der Waals surface area contributed by atoms with E-state index in [1.54, 1.807) is 12.1 Å². The van der Waals surface area contributed by atoms with Gasteiger partial charge in [0.25, 0.3) is 0 Å². The van der Waals surface area contributed by atoms with E-state index in [4.69, 9.17) is 16.2 Å². The fourth-order valence-electron chi connectivity index (χ4n) is 0.624. The number of hydrogen-bond donors (Lipinski definition) is 1. The Hall–Kier alpha value is -0.220. The van der Waals surface area contributed by atoms with Gasteiger partial charge in [-0.1, -0.05) is 29.8 Å². The number of para-hydroxylation sites is 1. The summed E-state index contributed by atoms with van der Waals surface area (Å²) in [5.74, 6) is 0. The predicted octanol–water partition coefficient (Wildman–Crippen LogP) is 3.54. The van der Waals surface area contributed by atoms with E-state index in [-0.39, 0.29) is 16.9 Å². The van der Waals surface area contributed by atoms with Crippen LogP contribution in [0.2, 0.25) is 0 Å². The summed E-state index contributed by atoms with van der Waals surface area (Å²) in [6, 6.07) is 9.20. The molecule has 0 fully saturated rings. The maximum absolute atomic E-state index is 8.45. The van der Waals surface area contributed by atoms with Crippen molar-refractivity contribution in [3.8, 4) is 0 Å². The minimum Gasteiger partial charge on any atom is -0.324 e. The molecule has 5 heteroatoms. The second kappa shape index (κ2) is 6.31. The van der Waals surface area contributed by atoms with Crippen LogP contribution in [-0.2, 0) is 0 Å². The molecular formula is C7H7Cl2NOS. The third-order valence-corrected chi connectivity index (χ3v) is 1.58. The molecule has 0 aliphatic rings. The molecule has 0 atom stereocenters. The summed E-state index contributed by atoms with van der Waals surface area (Å²) in [5.41, 5.74) is 0.735. The molecule has 0 aliphatic carbocycles. The molecule has 0 unspecified atom stereocenters. The zero-order chi connectivity index (χ0) is 8.10. The molecule has 1 N–H and O–H groups in total. The van der Waals surface area contributed by atoms with Crippen LogP contribution in [0.1, 0.15) is 0 Å². The first-order valence-electron chi connectivity index (χ1n) is 2.93. The van der Waals surface area contributed by atoms with E-state index in [1.807, 2.05) is 18.2 Å². The lowest BCUT2D eigenvalue weighted by atomic mass is 10.3. The van der Waals surface area contributed by atoms with Crippen molar-refractivity contribution in [2.45, 2.75) is 0 Å². The lowest BCUT2D eigenvalue weighted by Gasteiger charge is -1.91. The van der Waals surface area contributed by atoms with Crippen molar-refractivity contribution >= 4 is 46.2 Å². The molecule has 66 valence electrons. The minimum absolute atomic E-state index is 0. The van der Waals surface area contributed by atoms with Gasteiger partial charge in [-0.15, -0.1) is 12.4 Å². The Balaban J connectivity index is 0.00000121. The van der Waals surface area contributed by atoms with Crippen LogP contribution in [0, 0.1) is 0 Å². The van der Waals surface area contributed by atoms with Gasteiger partial charge >= 0.3 is 0 Å². The lowest BCUT2D eigenvalue weighted by Crippen LogP contribution is -1.74. The van der Waals surface area contributed by atoms with Gasteiger partial charge in [0.2, 0.25) is 0 Å². The van der Waals surface area contributed by atoms with Crippen LogP contribution in [0.15, 0.2) is 35.3 Å². The van der Waals surface area contributed by atoms with Crippen molar-refractivity contribution in [1.82, 2.24) is 0 Å². The first kappa shape index (κ1) is 11.8. The van der Waals surface area contributed by atoms with Crippen molar-refractivity contribution < 1.29 is 4.55 Å². The van der Waals surface area contributed by atoms with E-state index >= 15 is 0 Å². The molecule has 0 aliphatic heterocycles. The second-order valence-electron chi connectivity index (χ2n) is 1.79. The number of rotatable bonds is 1. The Kier molecular flexibility index (Phi) is 6.20. The fourth-order valence-corrected chi connectivity index (χ4v) is 0.868. The van der Waals surface area contributed by atoms with Gasteiger partial charge in [-0.2, -0.15) is 0 Å². The van der Waals surface area contributed by atoms with Crippen molar-refractivity contribution in [2.24, 2.45) is 4.99 Å². The van der Waals surface area contributed by atoms with Gasteiger partial charge in [-0.25, -0.2) is 4.99 Å². The average molecular weight is 224 g/mol. The van der Waals surface area contributed by atoms with Gasteiger partial charge in [0.1, 0.15) is 0 Å². The molecular weight excluding hydrogens is 217 g/mol. The van der Waals surface area contributed by atoms with Gasteiger partial charge in [-0.3, -0.25) is 0 Å². The van der Waals surface area contributed by atoms with Crippen molar-refractivity contribution in [3.05, 3.63) is 30.3 Å². The van der Waals surface area contributed by atoms with Gasteiger partial charge in [0.15, 0.2) is 4.50 Å². The van der Waals surface area contributed by atoms with Gasteiger partial charge in [0, 0.05) is 0 Å². The van der Waals surface area contributed by atoms with E-state index < -0.39 is 0 Å². The fraction of sp³-hybridized carbons (Fsp3) is 0. The van der Waals surface area contributed by atoms with Crippen molar-refractivity contribution in [1.29, 1.82) is 0 Å². The average Bonchev–Trinajstić information content (AvgIpc) is 2.06. The highest BCUT2D eigenvalue weighted by atomic mass is 35.5. The Morgan fingerprint density at radius 1 is 1.33 bits per heavy atom. The Bertz CT molecular complexity index is 253. The number of nitrogens with zero attached hydrogens (tertiary/aromatic N) is 1. The Labute approximate surface area is 86.3 Å². The zero-order valence-corrected chi connectivity index (χ0v) is 8.36. The smallest absolute Gasteiger partial charge is 0.190 e. The maximum Gasteiger partial charge on any atom is 0.190 e. The molecule has 0 amide bonds. The molecule has 0 saturated carbocycles. The quantitative estimate of drug-likeness (QED) is 0.449. The molecule has 1 aromatic carbocycles. The minimum atomic E-state index is 0. The lowest BCUT2D eigenvalue weighted by molar-refractivity contribution is 0.674. The third-order valence-electron chi connectivity index (χ3n) is 1.05. The summed E-state index contributed by atoms with van der Waals surface area (Å²) in [5, 5.41) is 0. The van der Waals surface area contributed by atoms with Crippen LogP contribution >= 0.6 is 36.1 Å². The van der Waals surface area contributed by atoms with E-state index in [0.717, 1.165) is 5.69 Å². The summed E-state index contributed by atoms with van der Waals surface area (Å²) in [7, 11) is 0. The first-order valence-corrected chi connectivity index (χ1v) is 4.08. The second-order valence-corrected chi connectivity index (χ2v) is 2.94. The molecule has 0 bridgehead atoms. The normalized spacial score (nSPS) is 10.7. The van der Waals surface area contributed by atoms with Crippen LogP contribution in [0.3, 0.4) is 0 Å². The Morgan fingerprint density at radius 3 is 2.42 bits per heavy atom. The Morgan fingerprint density at radius 2 is 1.92 bits per heavy atom. The van der Waals surface area contributed by atoms with Gasteiger partial charge in [0.05, 0.1) is 17.7 Å². The maximum atomic E-state index is 8.45. The van der Waals surface area contributed by atoms with Gasteiger partial charge in [-0.05, 0) is 12.1 Å². The number of benzene rings is 1. The third kappa shape index (κ3) is 3.97. The standard InChI is InChI=1S/C7H6ClNOS.ClH/c8-7(11-10)9-6-4-2-1-3-5-6;/h1-5,10H;1H. The molecule has 0 aromatic heterocycles. The van der Waals surface area contributed by atoms with E-state index in [2.05, 4.69) is 4.99 Å². The van der Waals surface area contributed by atoms with E-state index in [0.29, 0.717) is 12.0 Å². The van der Waals surface area contributed by atoms with Crippen molar-refractivity contribution in [2.75, 3.05) is 0 Å². The van der Waals surface area contributed by atoms with E-state index in [9.17, 15) is 0 Å². The summed E-state index contributed by atoms with van der Waals surface area (Å²) in [6.07, 6.45) is 0. The first-order chi connectivity index (χ1) is 5.33. The van der Waals surface area contributed by atoms with Crippen molar-refractivity contribution in [3.63, 3.8) is 0 Å². The largest absolute Gasteiger partial charge is 0.324 e. The SMILES string of the molecule is Cl.OSC(Cl)=Nc1ccccc1. The van der Waals surface area contributed by atoms with E-state index in [1.165, 1.54) is 0 Å². The monoisotopic (exact) mass is 223 g/mol. The summed E-state index contributed by atoms with van der Waals surface area (Å²) >= 11 is 5.90. The molecule has 1 rings (SSSR count). The molecule has 0 saturated heterocycles.